The van der Waals surface area contributed by atoms with E-state index in [1.165, 1.54) is 16.7 Å². The van der Waals surface area contributed by atoms with E-state index >= 15 is 0 Å². The lowest BCUT2D eigenvalue weighted by atomic mass is 9.93. The van der Waals surface area contributed by atoms with Crippen LogP contribution in [0.1, 0.15) is 23.1 Å². The quantitative estimate of drug-likeness (QED) is 0.851. The molecule has 0 spiro atoms. The fraction of sp³-hybridized carbons (Fsp3) is 0.278. The van der Waals surface area contributed by atoms with E-state index in [0.29, 0.717) is 6.42 Å². The minimum atomic E-state index is -0.434. The van der Waals surface area contributed by atoms with Gasteiger partial charge in [-0.3, -0.25) is 4.79 Å². The van der Waals surface area contributed by atoms with Gasteiger partial charge in [0.15, 0.2) is 5.78 Å². The van der Waals surface area contributed by atoms with E-state index < -0.39 is 6.04 Å². The van der Waals surface area contributed by atoms with Crippen LogP contribution in [0.4, 0.5) is 0 Å². The van der Waals surface area contributed by atoms with E-state index in [1.54, 1.807) is 0 Å². The molecule has 2 heteroatoms. The monoisotopic (exact) mass is 269 g/mol. The number of allylic oxidation sites excluding steroid dienone is 3. The first kappa shape index (κ1) is 16.1. The summed E-state index contributed by atoms with van der Waals surface area (Å²) in [5.41, 5.74) is 10.5. The van der Waals surface area contributed by atoms with Gasteiger partial charge in [-0.15, -0.1) is 13.2 Å². The van der Waals surface area contributed by atoms with Gasteiger partial charge >= 0.3 is 0 Å². The number of hydrogen-bond acceptors (Lipinski definition) is 2. The van der Waals surface area contributed by atoms with Gasteiger partial charge in [0.05, 0.1) is 6.04 Å². The van der Waals surface area contributed by atoms with E-state index in [9.17, 15) is 4.79 Å². The molecule has 0 saturated carbocycles. The number of benzene rings is 1. The molecule has 1 aliphatic carbocycles. The van der Waals surface area contributed by atoms with Crippen LogP contribution in [0.3, 0.4) is 0 Å². The number of carbonyl (C=O) groups excluding carboxylic acids is 1. The lowest BCUT2D eigenvalue weighted by Crippen LogP contribution is -2.34. The van der Waals surface area contributed by atoms with Crippen LogP contribution < -0.4 is 5.73 Å². The molecule has 106 valence electrons. The fourth-order valence-corrected chi connectivity index (χ4v) is 2.35. The Bertz CT molecular complexity index is 520. The zero-order valence-electron chi connectivity index (χ0n) is 12.4. The fourth-order valence-electron chi connectivity index (χ4n) is 2.35. The van der Waals surface area contributed by atoms with Gasteiger partial charge in [0.1, 0.15) is 0 Å². The molecule has 0 heterocycles. The molecule has 2 N–H and O–H groups in total. The van der Waals surface area contributed by atoms with Gasteiger partial charge in [0.2, 0.25) is 0 Å². The van der Waals surface area contributed by atoms with Crippen molar-refractivity contribution in [2.24, 2.45) is 5.73 Å². The maximum atomic E-state index is 12.1. The average molecular weight is 269 g/mol. The Labute approximate surface area is 121 Å². The Morgan fingerprint density at radius 3 is 2.40 bits per heavy atom. The number of carbonyl (C=O) groups is 1. The molecule has 1 aromatic carbocycles. The summed E-state index contributed by atoms with van der Waals surface area (Å²) in [5.74, 6) is 0.0719. The highest BCUT2D eigenvalue weighted by Crippen LogP contribution is 2.18. The predicted molar refractivity (Wildman–Crippen MR) is 85.7 cm³/mol. The van der Waals surface area contributed by atoms with Crippen molar-refractivity contribution >= 4 is 5.78 Å². The third-order valence-corrected chi connectivity index (χ3v) is 3.49. The number of rotatable bonds is 4. The van der Waals surface area contributed by atoms with Gasteiger partial charge in [-0.1, -0.05) is 36.4 Å². The van der Waals surface area contributed by atoms with Gasteiger partial charge < -0.3 is 5.73 Å². The van der Waals surface area contributed by atoms with Gasteiger partial charge in [0, 0.05) is 5.57 Å². The molecule has 1 aliphatic rings. The van der Waals surface area contributed by atoms with E-state index in [4.69, 9.17) is 5.73 Å². The van der Waals surface area contributed by atoms with Gasteiger partial charge in [-0.05, 0) is 43.4 Å². The maximum absolute atomic E-state index is 12.1. The number of hydrogen-bond donors (Lipinski definition) is 1. The smallest absolute Gasteiger partial charge is 0.176 e. The van der Waals surface area contributed by atoms with Crippen molar-refractivity contribution in [1.82, 2.24) is 0 Å². The SMILES string of the molecule is C=C.Cc1cccc(C)c1CC(N)C(=O)C1=CC=CC1. The lowest BCUT2D eigenvalue weighted by Gasteiger charge is -2.15. The van der Waals surface area contributed by atoms with Gasteiger partial charge in [0.25, 0.3) is 0 Å². The molecule has 0 amide bonds. The van der Waals surface area contributed by atoms with Crippen LogP contribution in [0, 0.1) is 13.8 Å². The number of nitrogens with two attached hydrogens (primary N) is 1. The highest BCUT2D eigenvalue weighted by atomic mass is 16.1. The summed E-state index contributed by atoms with van der Waals surface area (Å²) in [6.07, 6.45) is 7.11. The maximum Gasteiger partial charge on any atom is 0.176 e. The largest absolute Gasteiger partial charge is 0.321 e. The van der Waals surface area contributed by atoms with Crippen molar-refractivity contribution in [1.29, 1.82) is 0 Å². The Balaban J connectivity index is 0.000000956. The van der Waals surface area contributed by atoms with Crippen LogP contribution in [0.25, 0.3) is 0 Å². The minimum Gasteiger partial charge on any atom is -0.321 e. The number of Topliss-reactive ketones (excluding diaryl/α,β-unsaturated/α-hetero) is 1. The molecule has 0 fully saturated rings. The summed E-state index contributed by atoms with van der Waals surface area (Å²) in [4.78, 5) is 12.1. The molecule has 1 atom stereocenters. The summed E-state index contributed by atoms with van der Waals surface area (Å²) < 4.78 is 0. The van der Waals surface area contributed by atoms with Crippen LogP contribution in [0.15, 0.2) is 55.2 Å². The zero-order valence-corrected chi connectivity index (χ0v) is 12.4. The minimum absolute atomic E-state index is 0.0719. The van der Waals surface area contributed by atoms with E-state index in [-0.39, 0.29) is 5.78 Å². The van der Waals surface area contributed by atoms with Crippen molar-refractivity contribution in [2.45, 2.75) is 32.7 Å². The molecule has 0 radical (unpaired) electrons. The summed E-state index contributed by atoms with van der Waals surface area (Å²) in [6.45, 7) is 10.1. The van der Waals surface area contributed by atoms with Crippen molar-refractivity contribution in [3.05, 3.63) is 71.8 Å². The third-order valence-electron chi connectivity index (χ3n) is 3.49. The van der Waals surface area contributed by atoms with E-state index in [1.807, 2.05) is 24.3 Å². The molecule has 0 bridgehead atoms. The van der Waals surface area contributed by atoms with Gasteiger partial charge in [-0.2, -0.15) is 0 Å². The second-order valence-corrected chi connectivity index (χ2v) is 4.87. The molecule has 1 unspecified atom stereocenters. The van der Waals surface area contributed by atoms with Crippen molar-refractivity contribution in [3.63, 3.8) is 0 Å². The molecule has 0 aromatic heterocycles. The molecular formula is C18H23NO. The van der Waals surface area contributed by atoms with Crippen LogP contribution in [-0.4, -0.2) is 11.8 Å². The summed E-state index contributed by atoms with van der Waals surface area (Å²) in [5, 5.41) is 0. The van der Waals surface area contributed by atoms with Gasteiger partial charge in [-0.25, -0.2) is 0 Å². The highest BCUT2D eigenvalue weighted by molar-refractivity contribution is 6.00. The Hall–Kier alpha value is -1.93. The molecule has 0 aliphatic heterocycles. The van der Waals surface area contributed by atoms with Crippen LogP contribution in [0.2, 0.25) is 0 Å². The summed E-state index contributed by atoms with van der Waals surface area (Å²) in [6, 6.07) is 5.73. The first-order valence-corrected chi connectivity index (χ1v) is 6.80. The second kappa shape index (κ2) is 7.61. The average Bonchev–Trinajstić information content (AvgIpc) is 2.98. The third kappa shape index (κ3) is 3.78. The van der Waals surface area contributed by atoms with E-state index in [2.05, 4.69) is 39.1 Å². The van der Waals surface area contributed by atoms with Crippen LogP contribution in [-0.2, 0) is 11.2 Å². The van der Waals surface area contributed by atoms with Crippen molar-refractivity contribution in [3.8, 4) is 0 Å². The van der Waals surface area contributed by atoms with Crippen molar-refractivity contribution in [2.75, 3.05) is 0 Å². The Kier molecular flexibility index (Phi) is 6.13. The molecule has 1 aromatic rings. The number of ketones is 1. The molecular weight excluding hydrogens is 246 g/mol. The molecule has 2 nitrogen and oxygen atoms in total. The first-order valence-electron chi connectivity index (χ1n) is 6.80. The standard InChI is InChI=1S/C16H19NO.C2H4/c1-11-6-5-7-12(2)14(11)10-15(17)16(18)13-8-3-4-9-13;1-2/h3-8,15H,9-10,17H2,1-2H3;1-2H2. The van der Waals surface area contributed by atoms with Crippen LogP contribution >= 0.6 is 0 Å². The summed E-state index contributed by atoms with van der Waals surface area (Å²) >= 11 is 0. The highest BCUT2D eigenvalue weighted by Gasteiger charge is 2.20. The van der Waals surface area contributed by atoms with Crippen LogP contribution in [0.5, 0.6) is 0 Å². The zero-order chi connectivity index (χ0) is 15.1. The summed E-state index contributed by atoms with van der Waals surface area (Å²) in [7, 11) is 0. The second-order valence-electron chi connectivity index (χ2n) is 4.87. The number of aryl methyl sites for hydroxylation is 2. The molecule has 20 heavy (non-hydrogen) atoms. The lowest BCUT2D eigenvalue weighted by molar-refractivity contribution is -0.116. The Morgan fingerprint density at radius 1 is 1.30 bits per heavy atom. The van der Waals surface area contributed by atoms with Crippen molar-refractivity contribution < 1.29 is 4.79 Å². The Morgan fingerprint density at radius 2 is 1.90 bits per heavy atom. The first-order chi connectivity index (χ1) is 9.59. The molecule has 0 saturated heterocycles. The van der Waals surface area contributed by atoms with E-state index in [0.717, 1.165) is 12.0 Å². The predicted octanol–water partition coefficient (Wildman–Crippen LogP) is 3.43. The normalized spacial score (nSPS) is 14.2. The molecule has 2 rings (SSSR count). The topological polar surface area (TPSA) is 43.1 Å².